The molecule has 0 aliphatic heterocycles. The molecule has 64 valence electrons. The van der Waals surface area contributed by atoms with Crippen LogP contribution in [0.1, 0.15) is 6.92 Å². The highest BCUT2D eigenvalue weighted by atomic mass is 35.5. The molecule has 0 aromatic rings. The molecule has 5 heteroatoms. The summed E-state index contributed by atoms with van der Waals surface area (Å²) in [6.07, 6.45) is 0. The van der Waals surface area contributed by atoms with Crippen LogP contribution in [0.15, 0.2) is 0 Å². The number of rotatable bonds is 4. The molecular weight excluding hydrogens is 174 g/mol. The molecule has 0 atom stereocenters. The summed E-state index contributed by atoms with van der Waals surface area (Å²) < 4.78 is 21.4. The van der Waals surface area contributed by atoms with Crippen molar-refractivity contribution in [2.24, 2.45) is 0 Å². The van der Waals surface area contributed by atoms with Gasteiger partial charge >= 0.3 is 0 Å². The lowest BCUT2D eigenvalue weighted by Gasteiger charge is -1.97. The van der Waals surface area contributed by atoms with Crippen molar-refractivity contribution in [2.75, 3.05) is 25.1 Å². The molecule has 0 aliphatic rings. The molecule has 0 aliphatic carbocycles. The summed E-state index contributed by atoms with van der Waals surface area (Å²) in [5.74, 6) is 0.495. The van der Waals surface area contributed by atoms with Crippen molar-refractivity contribution >= 4 is 22.2 Å². The van der Waals surface area contributed by atoms with E-state index in [0.29, 0.717) is 6.54 Å². The summed E-state index contributed by atoms with van der Waals surface area (Å²) in [5, 5.41) is 2.78. The van der Waals surface area contributed by atoms with Crippen molar-refractivity contribution in [3.05, 3.63) is 0 Å². The van der Waals surface area contributed by atoms with Crippen LogP contribution in [0.25, 0.3) is 0 Å². The second-order valence-electron chi connectivity index (χ2n) is 1.84. The highest BCUT2D eigenvalue weighted by Crippen LogP contribution is 1.85. The lowest BCUT2D eigenvalue weighted by Crippen LogP contribution is -2.20. The van der Waals surface area contributed by atoms with Crippen LogP contribution in [-0.2, 0) is 9.84 Å². The zero-order valence-electron chi connectivity index (χ0n) is 6.25. The van der Waals surface area contributed by atoms with Gasteiger partial charge in [0.2, 0.25) is 0 Å². The van der Waals surface area contributed by atoms with Crippen LogP contribution in [-0.4, -0.2) is 33.5 Å². The number of nitrogens with one attached hydrogen (secondary N) is 1. The van der Waals surface area contributed by atoms with Gasteiger partial charge in [-0.15, -0.1) is 12.4 Å². The Bertz CT molecular complexity index is 155. The number of sulfone groups is 1. The fraction of sp³-hybridized carbons (Fsp3) is 1.00. The maximum atomic E-state index is 10.7. The largest absolute Gasteiger partial charge is 0.319 e. The normalized spacial score (nSPS) is 10.6. The van der Waals surface area contributed by atoms with Crippen LogP contribution in [0.5, 0.6) is 0 Å². The summed E-state index contributed by atoms with van der Waals surface area (Å²) in [5.41, 5.74) is 0. The first-order valence-corrected chi connectivity index (χ1v) is 4.79. The minimum absolute atomic E-state index is 0. The number of hydrogen-bond acceptors (Lipinski definition) is 3. The Morgan fingerprint density at radius 3 is 2.20 bits per heavy atom. The van der Waals surface area contributed by atoms with Crippen LogP contribution >= 0.6 is 12.4 Å². The Kier molecular flexibility index (Phi) is 7.63. The molecule has 0 bridgehead atoms. The van der Waals surface area contributed by atoms with Crippen molar-refractivity contribution in [1.29, 1.82) is 0 Å². The second kappa shape index (κ2) is 5.95. The summed E-state index contributed by atoms with van der Waals surface area (Å²) in [6.45, 7) is 2.21. The molecule has 0 fully saturated rings. The summed E-state index contributed by atoms with van der Waals surface area (Å²) in [6, 6.07) is 0. The maximum Gasteiger partial charge on any atom is 0.151 e. The first-order valence-electron chi connectivity index (χ1n) is 2.97. The van der Waals surface area contributed by atoms with E-state index in [9.17, 15) is 8.42 Å². The molecular formula is C5H14ClNO2S. The van der Waals surface area contributed by atoms with E-state index in [1.807, 2.05) is 0 Å². The smallest absolute Gasteiger partial charge is 0.151 e. The van der Waals surface area contributed by atoms with Gasteiger partial charge in [-0.1, -0.05) is 6.92 Å². The summed E-state index contributed by atoms with van der Waals surface area (Å²) >= 11 is 0. The molecule has 0 unspecified atom stereocenters. The van der Waals surface area contributed by atoms with E-state index in [-0.39, 0.29) is 23.9 Å². The molecule has 0 saturated heterocycles. The molecule has 0 rings (SSSR count). The molecule has 0 heterocycles. The predicted octanol–water partition coefficient (Wildman–Crippen LogP) is 0.0623. The first kappa shape index (κ1) is 12.8. The molecule has 10 heavy (non-hydrogen) atoms. The molecule has 0 spiro atoms. The zero-order chi connectivity index (χ0) is 7.33. The van der Waals surface area contributed by atoms with Gasteiger partial charge in [0.05, 0.1) is 5.75 Å². The fourth-order valence-electron chi connectivity index (χ4n) is 0.402. The van der Waals surface area contributed by atoms with E-state index in [1.165, 1.54) is 0 Å². The topological polar surface area (TPSA) is 46.2 Å². The van der Waals surface area contributed by atoms with Crippen LogP contribution in [0, 0.1) is 0 Å². The maximum absolute atomic E-state index is 10.7. The Morgan fingerprint density at radius 2 is 1.90 bits per heavy atom. The van der Waals surface area contributed by atoms with Gasteiger partial charge in [-0.3, -0.25) is 0 Å². The van der Waals surface area contributed by atoms with Gasteiger partial charge in [0, 0.05) is 12.3 Å². The molecule has 3 nitrogen and oxygen atoms in total. The molecule has 0 radical (unpaired) electrons. The minimum atomic E-state index is -2.74. The van der Waals surface area contributed by atoms with Crippen LogP contribution in [0.3, 0.4) is 0 Å². The quantitative estimate of drug-likeness (QED) is 0.678. The third-order valence-corrected chi connectivity index (χ3v) is 2.81. The molecule has 1 N–H and O–H groups in total. The molecule has 0 aromatic heterocycles. The van der Waals surface area contributed by atoms with Gasteiger partial charge in [-0.05, 0) is 7.05 Å². The molecule has 0 aromatic carbocycles. The van der Waals surface area contributed by atoms with Gasteiger partial charge < -0.3 is 5.32 Å². The second-order valence-corrected chi connectivity index (χ2v) is 4.31. The minimum Gasteiger partial charge on any atom is -0.319 e. The van der Waals surface area contributed by atoms with Gasteiger partial charge in [0.1, 0.15) is 0 Å². The van der Waals surface area contributed by atoms with Crippen LogP contribution in [0.4, 0.5) is 0 Å². The SMILES string of the molecule is CCS(=O)(=O)CCNC.Cl. The summed E-state index contributed by atoms with van der Waals surface area (Å²) in [7, 11) is -1.00. The van der Waals surface area contributed by atoms with Crippen LogP contribution in [0.2, 0.25) is 0 Å². The standard InChI is InChI=1S/C5H13NO2S.ClH/c1-3-9(7,8)5-4-6-2;/h6H,3-5H2,1-2H3;1H. The zero-order valence-corrected chi connectivity index (χ0v) is 7.89. The fourth-order valence-corrected chi connectivity index (χ4v) is 1.21. The number of halogens is 1. The molecule has 0 saturated carbocycles. The van der Waals surface area contributed by atoms with E-state index >= 15 is 0 Å². The Labute approximate surface area is 68.5 Å². The van der Waals surface area contributed by atoms with Gasteiger partial charge in [0.15, 0.2) is 9.84 Å². The molecule has 0 amide bonds. The summed E-state index contributed by atoms with van der Waals surface area (Å²) in [4.78, 5) is 0. The van der Waals surface area contributed by atoms with Gasteiger partial charge in [0.25, 0.3) is 0 Å². The predicted molar refractivity (Wildman–Crippen MR) is 45.5 cm³/mol. The lowest BCUT2D eigenvalue weighted by molar-refractivity contribution is 0.595. The van der Waals surface area contributed by atoms with Gasteiger partial charge in [-0.2, -0.15) is 0 Å². The van der Waals surface area contributed by atoms with Crippen molar-refractivity contribution in [1.82, 2.24) is 5.32 Å². The number of hydrogen-bond donors (Lipinski definition) is 1. The van der Waals surface area contributed by atoms with Crippen molar-refractivity contribution in [3.63, 3.8) is 0 Å². The van der Waals surface area contributed by atoms with Crippen LogP contribution < -0.4 is 5.32 Å². The van der Waals surface area contributed by atoms with E-state index in [0.717, 1.165) is 0 Å². The average Bonchev–Trinajstić information content (AvgIpc) is 1.84. The lowest BCUT2D eigenvalue weighted by atomic mass is 10.8. The Hall–Kier alpha value is 0.200. The third-order valence-electron chi connectivity index (χ3n) is 1.10. The van der Waals surface area contributed by atoms with Gasteiger partial charge in [-0.25, -0.2) is 8.42 Å². The Morgan fingerprint density at radius 1 is 1.40 bits per heavy atom. The van der Waals surface area contributed by atoms with Crippen molar-refractivity contribution in [3.8, 4) is 0 Å². The monoisotopic (exact) mass is 187 g/mol. The van der Waals surface area contributed by atoms with E-state index in [1.54, 1.807) is 14.0 Å². The highest BCUT2D eigenvalue weighted by Gasteiger charge is 2.03. The van der Waals surface area contributed by atoms with E-state index < -0.39 is 9.84 Å². The first-order chi connectivity index (χ1) is 4.12. The third kappa shape index (κ3) is 6.32. The van der Waals surface area contributed by atoms with Crippen molar-refractivity contribution in [2.45, 2.75) is 6.92 Å². The highest BCUT2D eigenvalue weighted by molar-refractivity contribution is 7.91. The average molecular weight is 188 g/mol. The van der Waals surface area contributed by atoms with Crippen molar-refractivity contribution < 1.29 is 8.42 Å². The van der Waals surface area contributed by atoms with E-state index in [2.05, 4.69) is 5.32 Å². The van der Waals surface area contributed by atoms with E-state index in [4.69, 9.17) is 0 Å². The Balaban J connectivity index is 0.